The van der Waals surface area contributed by atoms with Gasteiger partial charge < -0.3 is 9.88 Å². The summed E-state index contributed by atoms with van der Waals surface area (Å²) in [5.41, 5.74) is 0.0684. The molecule has 0 saturated heterocycles. The molecule has 4 heteroatoms. The van der Waals surface area contributed by atoms with Gasteiger partial charge in [-0.05, 0) is 25.4 Å². The lowest BCUT2D eigenvalue weighted by atomic mass is 10.2. The first-order valence-corrected chi connectivity index (χ1v) is 5.53. The number of aromatic nitrogens is 2. The molecule has 0 bridgehead atoms. The normalized spacial score (nSPS) is 11.2. The van der Waals surface area contributed by atoms with Gasteiger partial charge in [0.25, 0.3) is 0 Å². The first-order valence-electron chi connectivity index (χ1n) is 5.53. The van der Waals surface area contributed by atoms with Crippen LogP contribution in [0.1, 0.15) is 20.3 Å². The van der Waals surface area contributed by atoms with Crippen molar-refractivity contribution < 1.29 is 0 Å². The van der Waals surface area contributed by atoms with Gasteiger partial charge in [0, 0.05) is 26.0 Å². The van der Waals surface area contributed by atoms with Gasteiger partial charge in [0.1, 0.15) is 0 Å². The van der Waals surface area contributed by atoms with Gasteiger partial charge in [-0.3, -0.25) is 4.57 Å². The fourth-order valence-electron chi connectivity index (χ4n) is 1.45. The van der Waals surface area contributed by atoms with Gasteiger partial charge >= 0.3 is 5.69 Å². The largest absolute Gasteiger partial charge is 0.327 e. The van der Waals surface area contributed by atoms with Crippen molar-refractivity contribution in [2.24, 2.45) is 13.0 Å². The van der Waals surface area contributed by atoms with Gasteiger partial charge in [-0.2, -0.15) is 0 Å². The first-order chi connectivity index (χ1) is 7.11. The summed E-state index contributed by atoms with van der Waals surface area (Å²) in [6, 6.07) is 0. The van der Waals surface area contributed by atoms with Crippen LogP contribution < -0.4 is 11.0 Å². The quantitative estimate of drug-likeness (QED) is 0.708. The summed E-state index contributed by atoms with van der Waals surface area (Å²) < 4.78 is 3.35. The fourth-order valence-corrected chi connectivity index (χ4v) is 1.45. The standard InChI is InChI=1S/C11H21N3O/c1-10(2)9-12-5-4-6-14-8-7-13(3)11(14)15/h7-8,10,12H,4-6,9H2,1-3H3. The van der Waals surface area contributed by atoms with Crippen molar-refractivity contribution in [2.75, 3.05) is 13.1 Å². The van der Waals surface area contributed by atoms with Gasteiger partial charge in [0.2, 0.25) is 0 Å². The zero-order valence-corrected chi connectivity index (χ0v) is 9.86. The highest BCUT2D eigenvalue weighted by Crippen LogP contribution is 1.89. The average molecular weight is 211 g/mol. The van der Waals surface area contributed by atoms with Gasteiger partial charge in [0.05, 0.1) is 0 Å². The summed E-state index contributed by atoms with van der Waals surface area (Å²) in [4.78, 5) is 11.4. The van der Waals surface area contributed by atoms with Gasteiger partial charge in [0.15, 0.2) is 0 Å². The molecule has 0 unspecified atom stereocenters. The van der Waals surface area contributed by atoms with Crippen LogP contribution in [-0.4, -0.2) is 22.2 Å². The van der Waals surface area contributed by atoms with Crippen LogP contribution in [0.4, 0.5) is 0 Å². The molecule has 1 aromatic heterocycles. The summed E-state index contributed by atoms with van der Waals surface area (Å²) in [6.07, 6.45) is 4.63. The second kappa shape index (κ2) is 5.75. The van der Waals surface area contributed by atoms with E-state index in [-0.39, 0.29) is 5.69 Å². The molecular formula is C11H21N3O. The van der Waals surface area contributed by atoms with Gasteiger partial charge in [-0.25, -0.2) is 4.79 Å². The molecule has 0 radical (unpaired) electrons. The Labute approximate surface area is 90.9 Å². The molecule has 4 nitrogen and oxygen atoms in total. The minimum Gasteiger partial charge on any atom is -0.316 e. The summed E-state index contributed by atoms with van der Waals surface area (Å²) in [5.74, 6) is 0.685. The average Bonchev–Trinajstić information content (AvgIpc) is 2.48. The Kier molecular flexibility index (Phi) is 4.62. The maximum absolute atomic E-state index is 11.4. The lowest BCUT2D eigenvalue weighted by Crippen LogP contribution is -2.25. The lowest BCUT2D eigenvalue weighted by Gasteiger charge is -2.06. The topological polar surface area (TPSA) is 39.0 Å². The van der Waals surface area contributed by atoms with Gasteiger partial charge in [-0.1, -0.05) is 13.8 Å². The molecule has 0 saturated carbocycles. The van der Waals surface area contributed by atoms with Crippen LogP contribution in [0.5, 0.6) is 0 Å². The van der Waals surface area contributed by atoms with Crippen molar-refractivity contribution in [3.8, 4) is 0 Å². The second-order valence-electron chi connectivity index (χ2n) is 4.34. The Hall–Kier alpha value is -1.03. The van der Waals surface area contributed by atoms with Crippen molar-refractivity contribution in [3.63, 3.8) is 0 Å². The van der Waals surface area contributed by atoms with Crippen LogP contribution in [0, 0.1) is 5.92 Å². The number of nitrogens with zero attached hydrogens (tertiary/aromatic N) is 2. The molecule has 1 heterocycles. The van der Waals surface area contributed by atoms with Crippen LogP contribution in [0.25, 0.3) is 0 Å². The van der Waals surface area contributed by atoms with E-state index in [4.69, 9.17) is 0 Å². The van der Waals surface area contributed by atoms with E-state index in [9.17, 15) is 4.79 Å². The fraction of sp³-hybridized carbons (Fsp3) is 0.727. The molecule has 0 aromatic carbocycles. The molecule has 15 heavy (non-hydrogen) atoms. The summed E-state index contributed by atoms with van der Waals surface area (Å²) in [7, 11) is 1.77. The van der Waals surface area contributed by atoms with E-state index in [0.717, 1.165) is 26.1 Å². The molecule has 0 atom stereocenters. The van der Waals surface area contributed by atoms with E-state index in [2.05, 4.69) is 19.2 Å². The van der Waals surface area contributed by atoms with Crippen LogP contribution in [-0.2, 0) is 13.6 Å². The van der Waals surface area contributed by atoms with E-state index >= 15 is 0 Å². The van der Waals surface area contributed by atoms with Crippen molar-refractivity contribution >= 4 is 0 Å². The Balaban J connectivity index is 2.21. The maximum Gasteiger partial charge on any atom is 0.327 e. The number of nitrogens with one attached hydrogen (secondary N) is 1. The Morgan fingerprint density at radius 3 is 2.67 bits per heavy atom. The first kappa shape index (κ1) is 12.0. The Bertz CT molecular complexity index is 338. The van der Waals surface area contributed by atoms with Crippen molar-refractivity contribution in [2.45, 2.75) is 26.8 Å². The van der Waals surface area contributed by atoms with Gasteiger partial charge in [-0.15, -0.1) is 0 Å². The number of aryl methyl sites for hydroxylation is 2. The number of imidazole rings is 1. The molecule has 0 aliphatic carbocycles. The van der Waals surface area contributed by atoms with Crippen LogP contribution >= 0.6 is 0 Å². The molecule has 0 aliphatic rings. The number of hydrogen-bond acceptors (Lipinski definition) is 2. The SMILES string of the molecule is CC(C)CNCCCn1ccn(C)c1=O. The zero-order valence-electron chi connectivity index (χ0n) is 9.86. The third-order valence-electron chi connectivity index (χ3n) is 2.32. The molecular weight excluding hydrogens is 190 g/mol. The molecule has 0 amide bonds. The second-order valence-corrected chi connectivity index (χ2v) is 4.34. The zero-order chi connectivity index (χ0) is 11.3. The van der Waals surface area contributed by atoms with Crippen molar-refractivity contribution in [3.05, 3.63) is 22.9 Å². The van der Waals surface area contributed by atoms with E-state index < -0.39 is 0 Å². The molecule has 0 aliphatic heterocycles. The highest BCUT2D eigenvalue weighted by molar-refractivity contribution is 4.79. The lowest BCUT2D eigenvalue weighted by molar-refractivity contribution is 0.516. The smallest absolute Gasteiger partial charge is 0.316 e. The molecule has 1 rings (SSSR count). The third-order valence-corrected chi connectivity index (χ3v) is 2.32. The van der Waals surface area contributed by atoms with E-state index in [1.54, 1.807) is 22.4 Å². The summed E-state index contributed by atoms with van der Waals surface area (Å²) in [5, 5.41) is 3.36. The van der Waals surface area contributed by atoms with Crippen molar-refractivity contribution in [1.82, 2.24) is 14.5 Å². The highest BCUT2D eigenvalue weighted by Gasteiger charge is 1.98. The monoisotopic (exact) mass is 211 g/mol. The number of rotatable bonds is 6. The van der Waals surface area contributed by atoms with Crippen LogP contribution in [0.2, 0.25) is 0 Å². The molecule has 1 N–H and O–H groups in total. The van der Waals surface area contributed by atoms with Crippen LogP contribution in [0.15, 0.2) is 17.2 Å². The highest BCUT2D eigenvalue weighted by atomic mass is 16.1. The molecule has 0 spiro atoms. The maximum atomic E-state index is 11.4. The third kappa shape index (κ3) is 3.91. The predicted molar refractivity (Wildman–Crippen MR) is 62.0 cm³/mol. The summed E-state index contributed by atoms with van der Waals surface area (Å²) in [6.45, 7) is 7.19. The number of hydrogen-bond donors (Lipinski definition) is 1. The molecule has 86 valence electrons. The molecule has 0 fully saturated rings. The van der Waals surface area contributed by atoms with E-state index in [1.807, 2.05) is 6.20 Å². The van der Waals surface area contributed by atoms with Crippen LogP contribution in [0.3, 0.4) is 0 Å². The Morgan fingerprint density at radius 2 is 2.13 bits per heavy atom. The predicted octanol–water partition coefficient (Wildman–Crippen LogP) is 0.823. The Morgan fingerprint density at radius 1 is 1.40 bits per heavy atom. The minimum atomic E-state index is 0.0684. The molecule has 1 aromatic rings. The van der Waals surface area contributed by atoms with E-state index in [1.165, 1.54) is 0 Å². The minimum absolute atomic E-state index is 0.0684. The summed E-state index contributed by atoms with van der Waals surface area (Å²) >= 11 is 0. The van der Waals surface area contributed by atoms with E-state index in [0.29, 0.717) is 5.92 Å². The van der Waals surface area contributed by atoms with Crippen molar-refractivity contribution in [1.29, 1.82) is 0 Å².